The molecule has 31 heavy (non-hydrogen) atoms. The van der Waals surface area contributed by atoms with E-state index in [0.717, 1.165) is 54.1 Å². The molecule has 4 rings (SSSR count). The average molecular weight is 421 g/mol. The van der Waals surface area contributed by atoms with Crippen molar-refractivity contribution < 1.29 is 14.1 Å². The van der Waals surface area contributed by atoms with E-state index in [4.69, 9.17) is 14.2 Å². The van der Waals surface area contributed by atoms with Gasteiger partial charge in [0.15, 0.2) is 5.76 Å². The lowest BCUT2D eigenvalue weighted by Crippen LogP contribution is -2.40. The second-order valence-electron chi connectivity index (χ2n) is 7.90. The number of aromatic nitrogens is 3. The fourth-order valence-electron chi connectivity index (χ4n) is 4.08. The van der Waals surface area contributed by atoms with E-state index in [1.807, 2.05) is 56.0 Å². The first-order valence-electron chi connectivity index (χ1n) is 10.8. The summed E-state index contributed by atoms with van der Waals surface area (Å²) in [4.78, 5) is 24.4. The smallest absolute Gasteiger partial charge is 0.227 e. The maximum atomic E-state index is 13.3. The van der Waals surface area contributed by atoms with Gasteiger partial charge in [0.05, 0.1) is 36.0 Å². The van der Waals surface area contributed by atoms with Crippen LogP contribution in [0.15, 0.2) is 41.1 Å². The van der Waals surface area contributed by atoms with Crippen molar-refractivity contribution in [3.8, 4) is 17.1 Å². The number of piperidine rings is 1. The van der Waals surface area contributed by atoms with Gasteiger partial charge in [-0.05, 0) is 57.7 Å². The zero-order valence-electron chi connectivity index (χ0n) is 18.3. The molecule has 1 aliphatic heterocycles. The number of rotatable bonds is 6. The lowest BCUT2D eigenvalue weighted by molar-refractivity contribution is -0.134. The Labute approximate surface area is 182 Å². The Balaban J connectivity index is 1.60. The molecular weight excluding hydrogens is 392 g/mol. The van der Waals surface area contributed by atoms with Gasteiger partial charge < -0.3 is 14.2 Å². The first-order chi connectivity index (χ1) is 15.0. The van der Waals surface area contributed by atoms with Gasteiger partial charge in [0.25, 0.3) is 0 Å². The fourth-order valence-corrected chi connectivity index (χ4v) is 4.08. The number of carbonyl (C=O) groups is 1. The number of benzene rings is 1. The van der Waals surface area contributed by atoms with E-state index in [-0.39, 0.29) is 11.9 Å². The Morgan fingerprint density at radius 2 is 2.03 bits per heavy atom. The second kappa shape index (κ2) is 9.29. The molecule has 3 aromatic rings. The molecule has 0 radical (unpaired) electrons. The molecule has 1 aliphatic rings. The summed E-state index contributed by atoms with van der Waals surface area (Å²) in [5.41, 5.74) is 3.41. The number of amides is 1. The van der Waals surface area contributed by atoms with Gasteiger partial charge in [0, 0.05) is 18.8 Å². The average Bonchev–Trinajstić information content (AvgIpc) is 3.21. The van der Waals surface area contributed by atoms with Gasteiger partial charge in [-0.1, -0.05) is 17.3 Å². The van der Waals surface area contributed by atoms with Gasteiger partial charge in [0.1, 0.15) is 11.6 Å². The van der Waals surface area contributed by atoms with Crippen LogP contribution in [0.4, 0.5) is 0 Å². The number of nitrogens with zero attached hydrogens (tertiary/aromatic N) is 4. The van der Waals surface area contributed by atoms with E-state index in [1.165, 1.54) is 0 Å². The Hall–Kier alpha value is -3.22. The first kappa shape index (κ1) is 21.0. The molecule has 1 fully saturated rings. The highest BCUT2D eigenvalue weighted by molar-refractivity contribution is 5.79. The van der Waals surface area contributed by atoms with E-state index in [9.17, 15) is 4.79 Å². The molecule has 1 unspecified atom stereocenters. The zero-order valence-corrected chi connectivity index (χ0v) is 18.3. The lowest BCUT2D eigenvalue weighted by Gasteiger charge is -2.36. The van der Waals surface area contributed by atoms with E-state index >= 15 is 0 Å². The van der Waals surface area contributed by atoms with Crippen molar-refractivity contribution in [2.45, 2.75) is 52.5 Å². The van der Waals surface area contributed by atoms with Crippen molar-refractivity contribution in [3.05, 3.63) is 59.3 Å². The number of hydrogen-bond acceptors (Lipinski definition) is 6. The Morgan fingerprint density at radius 1 is 1.23 bits per heavy atom. The molecule has 1 saturated heterocycles. The van der Waals surface area contributed by atoms with Crippen LogP contribution in [0.3, 0.4) is 0 Å². The summed E-state index contributed by atoms with van der Waals surface area (Å²) in [6, 6.07) is 9.52. The number of carbonyl (C=O) groups excluding carboxylic acids is 1. The van der Waals surface area contributed by atoms with E-state index in [1.54, 1.807) is 6.20 Å². The van der Waals surface area contributed by atoms with Crippen LogP contribution in [-0.2, 0) is 11.2 Å². The molecule has 0 N–H and O–H groups in total. The van der Waals surface area contributed by atoms with Gasteiger partial charge in [-0.2, -0.15) is 0 Å². The summed E-state index contributed by atoms with van der Waals surface area (Å²) in [5.74, 6) is 2.24. The van der Waals surface area contributed by atoms with Crippen LogP contribution >= 0.6 is 0 Å². The summed E-state index contributed by atoms with van der Waals surface area (Å²) in [6.45, 7) is 7.05. The molecule has 1 aromatic carbocycles. The van der Waals surface area contributed by atoms with Gasteiger partial charge in [-0.25, -0.2) is 9.97 Å². The number of hydrogen-bond donors (Lipinski definition) is 0. The molecular formula is C24H28N4O3. The highest BCUT2D eigenvalue weighted by Gasteiger charge is 2.32. The summed E-state index contributed by atoms with van der Waals surface area (Å²) in [5, 5.41) is 4.01. The fraction of sp³-hybridized carbons (Fsp3) is 0.417. The maximum Gasteiger partial charge on any atom is 0.227 e. The predicted octanol–water partition coefficient (Wildman–Crippen LogP) is 4.44. The first-order valence-corrected chi connectivity index (χ1v) is 10.8. The minimum absolute atomic E-state index is 0.102. The Morgan fingerprint density at radius 3 is 2.74 bits per heavy atom. The molecule has 0 spiro atoms. The quantitative estimate of drug-likeness (QED) is 0.586. The van der Waals surface area contributed by atoms with Crippen molar-refractivity contribution in [2.24, 2.45) is 0 Å². The van der Waals surface area contributed by atoms with E-state index in [0.29, 0.717) is 24.6 Å². The van der Waals surface area contributed by atoms with Gasteiger partial charge in [-0.3, -0.25) is 4.79 Å². The molecule has 0 aliphatic carbocycles. The van der Waals surface area contributed by atoms with Crippen molar-refractivity contribution in [2.75, 3.05) is 13.2 Å². The topological polar surface area (TPSA) is 81.4 Å². The summed E-state index contributed by atoms with van der Waals surface area (Å²) < 4.78 is 11.0. The zero-order chi connectivity index (χ0) is 21.8. The standard InChI is InChI=1S/C24H28N4O3/c1-4-30-19-10-8-18(9-11-19)14-23(29)28-12-6-5-7-21(28)24-20(15-25-17(3)26-24)22-13-16(2)27-31-22/h8-11,13,15,21H,4-7,12,14H2,1-3H3. The maximum absolute atomic E-state index is 13.3. The van der Waals surface area contributed by atoms with Crippen LogP contribution < -0.4 is 4.74 Å². The van der Waals surface area contributed by atoms with Crippen molar-refractivity contribution in [1.29, 1.82) is 0 Å². The van der Waals surface area contributed by atoms with Crippen LogP contribution in [-0.4, -0.2) is 39.1 Å². The number of likely N-dealkylation sites (tertiary alicyclic amines) is 1. The SMILES string of the molecule is CCOc1ccc(CC(=O)N2CCCCC2c2nc(C)ncc2-c2cc(C)no2)cc1. The third-order valence-electron chi connectivity index (χ3n) is 5.56. The summed E-state index contributed by atoms with van der Waals surface area (Å²) >= 11 is 0. The lowest BCUT2D eigenvalue weighted by atomic mass is 9.94. The molecule has 2 aromatic heterocycles. The van der Waals surface area contributed by atoms with Crippen LogP contribution in [0.25, 0.3) is 11.3 Å². The minimum atomic E-state index is -0.106. The summed E-state index contributed by atoms with van der Waals surface area (Å²) in [6.07, 6.45) is 5.04. The van der Waals surface area contributed by atoms with Gasteiger partial charge in [-0.15, -0.1) is 0 Å². The van der Waals surface area contributed by atoms with Crippen molar-refractivity contribution >= 4 is 5.91 Å². The molecule has 162 valence electrons. The van der Waals surface area contributed by atoms with Crippen LogP contribution in [0, 0.1) is 13.8 Å². The third kappa shape index (κ3) is 4.76. The van der Waals surface area contributed by atoms with Crippen LogP contribution in [0.1, 0.15) is 55.0 Å². The van der Waals surface area contributed by atoms with Crippen LogP contribution in [0.5, 0.6) is 5.75 Å². The van der Waals surface area contributed by atoms with Gasteiger partial charge in [0.2, 0.25) is 5.91 Å². The second-order valence-corrected chi connectivity index (χ2v) is 7.90. The third-order valence-corrected chi connectivity index (χ3v) is 5.56. The van der Waals surface area contributed by atoms with Gasteiger partial charge >= 0.3 is 0 Å². The Kier molecular flexibility index (Phi) is 6.30. The molecule has 3 heterocycles. The molecule has 7 nitrogen and oxygen atoms in total. The van der Waals surface area contributed by atoms with Crippen LogP contribution in [0.2, 0.25) is 0 Å². The normalized spacial score (nSPS) is 16.4. The molecule has 0 bridgehead atoms. The largest absolute Gasteiger partial charge is 0.494 e. The van der Waals surface area contributed by atoms with Crippen molar-refractivity contribution in [3.63, 3.8) is 0 Å². The molecule has 7 heteroatoms. The summed E-state index contributed by atoms with van der Waals surface area (Å²) in [7, 11) is 0. The Bertz CT molecular complexity index is 1050. The monoisotopic (exact) mass is 420 g/mol. The van der Waals surface area contributed by atoms with E-state index < -0.39 is 0 Å². The molecule has 1 amide bonds. The molecule has 0 saturated carbocycles. The minimum Gasteiger partial charge on any atom is -0.494 e. The number of aryl methyl sites for hydroxylation is 2. The highest BCUT2D eigenvalue weighted by atomic mass is 16.5. The molecule has 1 atom stereocenters. The van der Waals surface area contributed by atoms with Crippen molar-refractivity contribution in [1.82, 2.24) is 20.0 Å². The predicted molar refractivity (Wildman–Crippen MR) is 117 cm³/mol. The van der Waals surface area contributed by atoms with E-state index in [2.05, 4.69) is 10.1 Å². The number of ether oxygens (including phenoxy) is 1. The highest BCUT2D eigenvalue weighted by Crippen LogP contribution is 2.36.